The zero-order valence-electron chi connectivity index (χ0n) is 9.22. The summed E-state index contributed by atoms with van der Waals surface area (Å²) in [6.07, 6.45) is -4.10. The van der Waals surface area contributed by atoms with Crippen molar-refractivity contribution in [1.82, 2.24) is 0 Å². The highest BCUT2D eigenvalue weighted by molar-refractivity contribution is 5.25. The van der Waals surface area contributed by atoms with E-state index in [1.165, 1.54) is 0 Å². The van der Waals surface area contributed by atoms with Gasteiger partial charge in [0.2, 0.25) is 0 Å². The summed E-state index contributed by atoms with van der Waals surface area (Å²) in [5, 5.41) is 0. The molecule has 90 valence electrons. The van der Waals surface area contributed by atoms with Crippen molar-refractivity contribution in [2.24, 2.45) is 5.73 Å². The van der Waals surface area contributed by atoms with Crippen LogP contribution in [0.5, 0.6) is 0 Å². The molecule has 1 aromatic carbocycles. The maximum atomic E-state index is 12.0. The maximum Gasteiger partial charge on any atom is 0.390 e. The zero-order chi connectivity index (χ0) is 12.2. The summed E-state index contributed by atoms with van der Waals surface area (Å²) in [5.74, 6) is 0. The van der Waals surface area contributed by atoms with E-state index in [-0.39, 0.29) is 0 Å². The van der Waals surface area contributed by atoms with Gasteiger partial charge in [0.25, 0.3) is 0 Å². The molecule has 0 amide bonds. The molecule has 2 N–H and O–H groups in total. The first-order chi connectivity index (χ1) is 7.38. The maximum absolute atomic E-state index is 12.0. The van der Waals surface area contributed by atoms with Crippen LogP contribution in [-0.2, 0) is 6.42 Å². The highest BCUT2D eigenvalue weighted by atomic mass is 19.4. The normalized spacial score (nSPS) is 13.8. The van der Waals surface area contributed by atoms with Crippen molar-refractivity contribution in [2.45, 2.75) is 38.4 Å². The Morgan fingerprint density at radius 3 is 2.44 bits per heavy atom. The Balaban J connectivity index is 2.43. The number of rotatable bonds is 4. The van der Waals surface area contributed by atoms with E-state index in [1.54, 1.807) is 0 Å². The Hall–Kier alpha value is -1.03. The van der Waals surface area contributed by atoms with Gasteiger partial charge in [-0.1, -0.05) is 24.3 Å². The molecule has 16 heavy (non-hydrogen) atoms. The fourth-order valence-electron chi connectivity index (χ4n) is 1.63. The third-order valence-electron chi connectivity index (χ3n) is 2.54. The van der Waals surface area contributed by atoms with Crippen LogP contribution in [0.15, 0.2) is 24.3 Å². The Morgan fingerprint density at radius 1 is 1.25 bits per heavy atom. The van der Waals surface area contributed by atoms with Crippen molar-refractivity contribution in [3.05, 3.63) is 35.4 Å². The summed E-state index contributed by atoms with van der Waals surface area (Å²) in [6.45, 7) is 1.95. The molecule has 0 aliphatic heterocycles. The van der Waals surface area contributed by atoms with Crippen molar-refractivity contribution in [2.75, 3.05) is 0 Å². The predicted octanol–water partition coefficient (Wildman–Crippen LogP) is 3.21. The zero-order valence-corrected chi connectivity index (χ0v) is 9.22. The Morgan fingerprint density at radius 2 is 1.88 bits per heavy atom. The fourth-order valence-corrected chi connectivity index (χ4v) is 1.63. The molecule has 1 rings (SSSR count). The van der Waals surface area contributed by atoms with Gasteiger partial charge >= 0.3 is 6.18 Å². The van der Waals surface area contributed by atoms with Crippen molar-refractivity contribution < 1.29 is 13.2 Å². The molecule has 1 aromatic rings. The minimum absolute atomic E-state index is 0.365. The van der Waals surface area contributed by atoms with Crippen LogP contribution in [0.2, 0.25) is 0 Å². The number of hydrogen-bond donors (Lipinski definition) is 1. The van der Waals surface area contributed by atoms with Crippen LogP contribution >= 0.6 is 0 Å². The first kappa shape index (κ1) is 13.0. The Bertz CT molecular complexity index is 333. The quantitative estimate of drug-likeness (QED) is 0.846. The van der Waals surface area contributed by atoms with Crippen LogP contribution in [0.25, 0.3) is 0 Å². The van der Waals surface area contributed by atoms with E-state index in [0.717, 1.165) is 11.1 Å². The van der Waals surface area contributed by atoms with Crippen LogP contribution in [0.4, 0.5) is 13.2 Å². The van der Waals surface area contributed by atoms with E-state index in [0.29, 0.717) is 12.8 Å². The predicted molar refractivity (Wildman–Crippen MR) is 58.1 cm³/mol. The number of aryl methyl sites for hydroxylation is 2. The summed E-state index contributed by atoms with van der Waals surface area (Å²) in [6, 6.07) is 6.87. The first-order valence-corrected chi connectivity index (χ1v) is 5.25. The SMILES string of the molecule is Cc1ccccc1CCC(N)CC(F)(F)F. The molecule has 0 bridgehead atoms. The summed E-state index contributed by atoms with van der Waals surface area (Å²) < 4.78 is 36.1. The lowest BCUT2D eigenvalue weighted by atomic mass is 10.00. The lowest BCUT2D eigenvalue weighted by molar-refractivity contribution is -0.138. The van der Waals surface area contributed by atoms with E-state index >= 15 is 0 Å². The number of nitrogens with two attached hydrogens (primary N) is 1. The van der Waals surface area contributed by atoms with E-state index in [2.05, 4.69) is 0 Å². The Kier molecular flexibility index (Phi) is 4.35. The molecule has 1 atom stereocenters. The van der Waals surface area contributed by atoms with Crippen molar-refractivity contribution in [3.8, 4) is 0 Å². The van der Waals surface area contributed by atoms with Gasteiger partial charge in [-0.15, -0.1) is 0 Å². The molecule has 0 saturated carbocycles. The summed E-state index contributed by atoms with van der Waals surface area (Å²) in [5.41, 5.74) is 7.61. The third kappa shape index (κ3) is 4.66. The van der Waals surface area contributed by atoms with Gasteiger partial charge in [-0.3, -0.25) is 0 Å². The van der Waals surface area contributed by atoms with E-state index < -0.39 is 18.6 Å². The molecule has 0 spiro atoms. The van der Waals surface area contributed by atoms with E-state index in [9.17, 15) is 13.2 Å². The van der Waals surface area contributed by atoms with Gasteiger partial charge < -0.3 is 5.73 Å². The van der Waals surface area contributed by atoms with Crippen LogP contribution < -0.4 is 5.73 Å². The summed E-state index contributed by atoms with van der Waals surface area (Å²) in [4.78, 5) is 0. The standard InChI is InChI=1S/C12H16F3N/c1-9-4-2-3-5-10(9)6-7-11(16)8-12(13,14)15/h2-5,11H,6-8,16H2,1H3. The smallest absolute Gasteiger partial charge is 0.327 e. The topological polar surface area (TPSA) is 26.0 Å². The second-order valence-corrected chi connectivity index (χ2v) is 4.04. The van der Waals surface area contributed by atoms with Gasteiger partial charge in [0.15, 0.2) is 0 Å². The highest BCUT2D eigenvalue weighted by Crippen LogP contribution is 2.22. The van der Waals surface area contributed by atoms with E-state index in [1.807, 2.05) is 31.2 Å². The van der Waals surface area contributed by atoms with Gasteiger partial charge in [-0.25, -0.2) is 0 Å². The van der Waals surface area contributed by atoms with E-state index in [4.69, 9.17) is 5.73 Å². The van der Waals surface area contributed by atoms with Crippen LogP contribution in [0.1, 0.15) is 24.0 Å². The third-order valence-corrected chi connectivity index (χ3v) is 2.54. The minimum atomic E-state index is -4.16. The average molecular weight is 231 g/mol. The number of benzene rings is 1. The van der Waals surface area contributed by atoms with Gasteiger partial charge in [0, 0.05) is 6.04 Å². The van der Waals surface area contributed by atoms with Crippen molar-refractivity contribution in [1.29, 1.82) is 0 Å². The van der Waals surface area contributed by atoms with Crippen LogP contribution in [0.3, 0.4) is 0 Å². The molecule has 0 aliphatic rings. The Labute approximate surface area is 93.5 Å². The lowest BCUT2D eigenvalue weighted by Gasteiger charge is -2.14. The lowest BCUT2D eigenvalue weighted by Crippen LogP contribution is -2.28. The summed E-state index contributed by atoms with van der Waals surface area (Å²) >= 11 is 0. The molecule has 0 aromatic heterocycles. The average Bonchev–Trinajstić information content (AvgIpc) is 2.14. The van der Waals surface area contributed by atoms with Crippen LogP contribution in [-0.4, -0.2) is 12.2 Å². The number of halogens is 3. The molecule has 0 heterocycles. The molecule has 1 unspecified atom stereocenters. The molecule has 0 saturated heterocycles. The van der Waals surface area contributed by atoms with Gasteiger partial charge in [0.05, 0.1) is 6.42 Å². The molecule has 1 nitrogen and oxygen atoms in total. The molecular weight excluding hydrogens is 215 g/mol. The van der Waals surface area contributed by atoms with Gasteiger partial charge in [-0.2, -0.15) is 13.2 Å². The highest BCUT2D eigenvalue weighted by Gasteiger charge is 2.29. The molecule has 0 aliphatic carbocycles. The van der Waals surface area contributed by atoms with Crippen LogP contribution in [0, 0.1) is 6.92 Å². The molecule has 0 fully saturated rings. The monoisotopic (exact) mass is 231 g/mol. The minimum Gasteiger partial charge on any atom is -0.327 e. The number of alkyl halides is 3. The second kappa shape index (κ2) is 5.34. The largest absolute Gasteiger partial charge is 0.390 e. The van der Waals surface area contributed by atoms with Crippen molar-refractivity contribution in [3.63, 3.8) is 0 Å². The number of hydrogen-bond acceptors (Lipinski definition) is 1. The van der Waals surface area contributed by atoms with Gasteiger partial charge in [-0.05, 0) is 30.9 Å². The molecule has 0 radical (unpaired) electrons. The second-order valence-electron chi connectivity index (χ2n) is 4.04. The first-order valence-electron chi connectivity index (χ1n) is 5.25. The molecular formula is C12H16F3N. The van der Waals surface area contributed by atoms with Gasteiger partial charge in [0.1, 0.15) is 0 Å². The summed E-state index contributed by atoms with van der Waals surface area (Å²) in [7, 11) is 0. The van der Waals surface area contributed by atoms with Crippen molar-refractivity contribution >= 4 is 0 Å². The molecule has 4 heteroatoms. The fraction of sp³-hybridized carbons (Fsp3) is 0.500.